The molecule has 1 heterocycles. The van der Waals surface area contributed by atoms with Gasteiger partial charge in [-0.05, 0) is 0 Å². The van der Waals surface area contributed by atoms with Crippen LogP contribution in [0.4, 0.5) is 17.6 Å². The van der Waals surface area contributed by atoms with E-state index in [-0.39, 0.29) is 0 Å². The Balaban J connectivity index is 2.97. The smallest absolute Gasteiger partial charge is 0.358 e. The summed E-state index contributed by atoms with van der Waals surface area (Å²) < 4.78 is 48.0. The predicted octanol–water partition coefficient (Wildman–Crippen LogP) is 2.21. The molecule has 0 saturated carbocycles. The number of aromatic nitrogens is 1. The summed E-state index contributed by atoms with van der Waals surface area (Å²) in [7, 11) is 0. The molecule has 0 saturated heterocycles. The summed E-state index contributed by atoms with van der Waals surface area (Å²) in [6.07, 6.45) is -3.80. The molecule has 0 fully saturated rings. The van der Waals surface area contributed by atoms with Gasteiger partial charge in [0, 0.05) is 0 Å². The number of thiazole rings is 1. The second kappa shape index (κ2) is 2.89. The van der Waals surface area contributed by atoms with Gasteiger partial charge in [-0.15, -0.1) is 11.3 Å². The Morgan fingerprint density at radius 3 is 2.42 bits per heavy atom. The van der Waals surface area contributed by atoms with E-state index in [0.29, 0.717) is 11.3 Å². The van der Waals surface area contributed by atoms with Crippen LogP contribution in [0.5, 0.6) is 5.88 Å². The molecule has 0 atom stereocenters. The molecule has 0 amide bonds. The Morgan fingerprint density at radius 1 is 1.50 bits per heavy atom. The molecule has 1 rings (SSSR count). The van der Waals surface area contributed by atoms with Crippen LogP contribution in [0.2, 0.25) is 0 Å². The van der Waals surface area contributed by atoms with Crippen LogP contribution in [-0.2, 0) is 5.92 Å². The van der Waals surface area contributed by atoms with E-state index in [1.165, 1.54) is 0 Å². The summed E-state index contributed by atoms with van der Waals surface area (Å²) >= 11 is 0.294. The molecule has 0 unspecified atom stereocenters. The van der Waals surface area contributed by atoms with Crippen molar-refractivity contribution < 1.29 is 22.7 Å². The number of hydrogen-bond donors (Lipinski definition) is 1. The lowest BCUT2D eigenvalue weighted by molar-refractivity contribution is -0.135. The molecule has 0 spiro atoms. The maximum Gasteiger partial charge on any atom is 0.358 e. The van der Waals surface area contributed by atoms with Crippen LogP contribution in [0.1, 0.15) is 5.01 Å². The molecule has 1 aromatic rings. The highest BCUT2D eigenvalue weighted by atomic mass is 32.1. The van der Waals surface area contributed by atoms with Gasteiger partial charge in [0.15, 0.2) is 5.01 Å². The van der Waals surface area contributed by atoms with Gasteiger partial charge in [0.05, 0.1) is 5.38 Å². The maximum absolute atomic E-state index is 12.4. The Bertz CT molecular complexity index is 274. The average Bonchev–Trinajstić information content (AvgIpc) is 2.35. The number of halogens is 4. The molecule has 2 nitrogen and oxygen atoms in total. The summed E-state index contributed by atoms with van der Waals surface area (Å²) in [6.45, 7) is 0. The van der Waals surface area contributed by atoms with Crippen LogP contribution in [-0.4, -0.2) is 16.5 Å². The van der Waals surface area contributed by atoms with Crippen molar-refractivity contribution in [2.75, 3.05) is 0 Å². The highest BCUT2D eigenvalue weighted by molar-refractivity contribution is 7.09. The van der Waals surface area contributed by atoms with Crippen LogP contribution in [0.25, 0.3) is 0 Å². The van der Waals surface area contributed by atoms with Gasteiger partial charge in [-0.2, -0.15) is 8.78 Å². The highest BCUT2D eigenvalue weighted by Crippen LogP contribution is 2.37. The second-order valence-corrected chi connectivity index (χ2v) is 2.79. The molecular formula is C5H3F4NOS. The zero-order valence-electron chi connectivity index (χ0n) is 5.47. The first-order chi connectivity index (χ1) is 5.44. The molecule has 1 aromatic heterocycles. The molecule has 0 aliphatic rings. The van der Waals surface area contributed by atoms with Gasteiger partial charge in [0.1, 0.15) is 0 Å². The van der Waals surface area contributed by atoms with Crippen LogP contribution in [0, 0.1) is 0 Å². The first-order valence-electron chi connectivity index (χ1n) is 2.75. The van der Waals surface area contributed by atoms with Crippen molar-refractivity contribution in [3.63, 3.8) is 0 Å². The quantitative estimate of drug-likeness (QED) is 0.744. The Hall–Kier alpha value is -0.850. The topological polar surface area (TPSA) is 33.1 Å². The number of aromatic hydroxyl groups is 1. The Morgan fingerprint density at radius 2 is 2.08 bits per heavy atom. The van der Waals surface area contributed by atoms with Crippen LogP contribution < -0.4 is 0 Å². The van der Waals surface area contributed by atoms with E-state index in [1.54, 1.807) is 0 Å². The predicted molar refractivity (Wildman–Crippen MR) is 33.7 cm³/mol. The summed E-state index contributed by atoms with van der Waals surface area (Å²) in [6, 6.07) is 0. The van der Waals surface area contributed by atoms with E-state index in [4.69, 9.17) is 5.11 Å². The molecule has 0 aliphatic heterocycles. The summed E-state index contributed by atoms with van der Waals surface area (Å²) in [4.78, 5) is 2.85. The van der Waals surface area contributed by atoms with Crippen LogP contribution in [0.15, 0.2) is 5.38 Å². The number of nitrogens with zero attached hydrogens (tertiary/aromatic N) is 1. The SMILES string of the molecule is Oc1csc(C(F)(F)C(F)F)n1. The van der Waals surface area contributed by atoms with Crippen molar-refractivity contribution in [3.8, 4) is 5.88 Å². The van der Waals surface area contributed by atoms with Crippen molar-refractivity contribution in [1.82, 2.24) is 4.98 Å². The molecule has 0 radical (unpaired) electrons. The fourth-order valence-corrected chi connectivity index (χ4v) is 1.17. The monoisotopic (exact) mass is 201 g/mol. The lowest BCUT2D eigenvalue weighted by Crippen LogP contribution is -2.23. The Kier molecular flexibility index (Phi) is 2.22. The third-order valence-corrected chi connectivity index (χ3v) is 1.97. The summed E-state index contributed by atoms with van der Waals surface area (Å²) in [5, 5.41) is 8.31. The minimum absolute atomic E-state index is 0.294. The fourth-order valence-electron chi connectivity index (χ4n) is 0.512. The minimum Gasteiger partial charge on any atom is -0.493 e. The molecule has 0 aromatic carbocycles. The van der Waals surface area contributed by atoms with Crippen molar-refractivity contribution in [1.29, 1.82) is 0 Å². The van der Waals surface area contributed by atoms with Gasteiger partial charge in [0.2, 0.25) is 5.88 Å². The molecule has 0 bridgehead atoms. The zero-order valence-corrected chi connectivity index (χ0v) is 6.29. The van der Waals surface area contributed by atoms with Crippen molar-refractivity contribution in [3.05, 3.63) is 10.4 Å². The molecular weight excluding hydrogens is 198 g/mol. The maximum atomic E-state index is 12.4. The average molecular weight is 201 g/mol. The molecule has 7 heteroatoms. The fraction of sp³-hybridized carbons (Fsp3) is 0.400. The first kappa shape index (κ1) is 9.24. The zero-order chi connectivity index (χ0) is 9.35. The van der Waals surface area contributed by atoms with E-state index in [9.17, 15) is 17.6 Å². The highest BCUT2D eigenvalue weighted by Gasteiger charge is 2.45. The van der Waals surface area contributed by atoms with E-state index in [0.717, 1.165) is 5.38 Å². The third-order valence-electron chi connectivity index (χ3n) is 1.05. The standard InChI is InChI=1S/C5H3F4NOS/c6-3(7)5(8,9)4-10-2(11)1-12-4/h1,3,11H. The first-order valence-corrected chi connectivity index (χ1v) is 3.63. The van der Waals surface area contributed by atoms with Crippen LogP contribution >= 0.6 is 11.3 Å². The summed E-state index contributed by atoms with van der Waals surface area (Å²) in [5.41, 5.74) is 0. The minimum atomic E-state index is -4.27. The lowest BCUT2D eigenvalue weighted by Gasteiger charge is -2.10. The number of rotatable bonds is 2. The van der Waals surface area contributed by atoms with Gasteiger partial charge in [-0.3, -0.25) is 0 Å². The summed E-state index contributed by atoms with van der Waals surface area (Å²) in [5.74, 6) is -4.94. The van der Waals surface area contributed by atoms with E-state index in [2.05, 4.69) is 4.98 Å². The van der Waals surface area contributed by atoms with Crippen LogP contribution in [0.3, 0.4) is 0 Å². The van der Waals surface area contributed by atoms with Crippen molar-refractivity contribution >= 4 is 11.3 Å². The molecule has 12 heavy (non-hydrogen) atoms. The van der Waals surface area contributed by atoms with E-state index < -0.39 is 23.2 Å². The second-order valence-electron chi connectivity index (χ2n) is 1.93. The normalized spacial score (nSPS) is 12.4. The third kappa shape index (κ3) is 1.50. The van der Waals surface area contributed by atoms with Gasteiger partial charge in [-0.1, -0.05) is 0 Å². The van der Waals surface area contributed by atoms with E-state index in [1.807, 2.05) is 0 Å². The molecule has 1 N–H and O–H groups in total. The van der Waals surface area contributed by atoms with Crippen molar-refractivity contribution in [2.24, 2.45) is 0 Å². The molecule has 0 aliphatic carbocycles. The van der Waals surface area contributed by atoms with Gasteiger partial charge in [0.25, 0.3) is 0 Å². The van der Waals surface area contributed by atoms with Gasteiger partial charge >= 0.3 is 12.3 Å². The Labute approximate surface area is 68.5 Å². The van der Waals surface area contributed by atoms with Gasteiger partial charge in [-0.25, -0.2) is 13.8 Å². The molecule has 68 valence electrons. The number of hydrogen-bond acceptors (Lipinski definition) is 3. The number of alkyl halides is 4. The van der Waals surface area contributed by atoms with E-state index >= 15 is 0 Å². The van der Waals surface area contributed by atoms with Crippen molar-refractivity contribution in [2.45, 2.75) is 12.3 Å². The largest absolute Gasteiger partial charge is 0.493 e. The lowest BCUT2D eigenvalue weighted by atomic mass is 10.4. The van der Waals surface area contributed by atoms with Gasteiger partial charge < -0.3 is 5.11 Å².